The lowest BCUT2D eigenvalue weighted by Crippen LogP contribution is -2.12. The van der Waals surface area contributed by atoms with Crippen molar-refractivity contribution in [3.63, 3.8) is 0 Å². The molecule has 0 aliphatic rings. The van der Waals surface area contributed by atoms with Crippen molar-refractivity contribution in [2.24, 2.45) is 5.73 Å². The van der Waals surface area contributed by atoms with E-state index in [1.807, 2.05) is 17.5 Å². The van der Waals surface area contributed by atoms with E-state index in [1.165, 1.54) is 11.3 Å². The largest absolute Gasteiger partial charge is 0.386 e. The van der Waals surface area contributed by atoms with Crippen molar-refractivity contribution in [3.05, 3.63) is 52.2 Å². The Morgan fingerprint density at radius 1 is 1.33 bits per heavy atom. The van der Waals surface area contributed by atoms with Gasteiger partial charge in [-0.1, -0.05) is 6.07 Å². The molecule has 4 nitrogen and oxygen atoms in total. The number of primary amides is 1. The second-order valence-corrected chi connectivity index (χ2v) is 4.83. The summed E-state index contributed by atoms with van der Waals surface area (Å²) >= 11 is 1.52. The van der Waals surface area contributed by atoms with Crippen LogP contribution in [0.15, 0.2) is 41.8 Å². The molecule has 2 rings (SSSR count). The lowest BCUT2D eigenvalue weighted by molar-refractivity contribution is 0.100. The van der Waals surface area contributed by atoms with Gasteiger partial charge in [0.1, 0.15) is 6.10 Å². The molecule has 4 N–H and O–H groups in total. The van der Waals surface area contributed by atoms with Crippen molar-refractivity contribution in [2.75, 3.05) is 11.9 Å². The van der Waals surface area contributed by atoms with Crippen LogP contribution in [0.4, 0.5) is 5.69 Å². The number of hydrogen-bond donors (Lipinski definition) is 3. The van der Waals surface area contributed by atoms with Crippen LogP contribution in [0.5, 0.6) is 0 Å². The minimum absolute atomic E-state index is 0.427. The number of nitrogens with two attached hydrogens (primary N) is 1. The minimum atomic E-state index is -0.527. The summed E-state index contributed by atoms with van der Waals surface area (Å²) in [4.78, 5) is 11.8. The summed E-state index contributed by atoms with van der Waals surface area (Å²) < 4.78 is 0. The molecule has 0 fully saturated rings. The zero-order chi connectivity index (χ0) is 13.0. The van der Waals surface area contributed by atoms with Crippen LogP contribution in [0, 0.1) is 0 Å². The first kappa shape index (κ1) is 12.6. The molecule has 1 atom stereocenters. The average Bonchev–Trinajstić information content (AvgIpc) is 2.90. The molecule has 1 unspecified atom stereocenters. The van der Waals surface area contributed by atoms with Crippen molar-refractivity contribution >= 4 is 22.9 Å². The molecular formula is C13H14N2O2S. The summed E-state index contributed by atoms with van der Waals surface area (Å²) in [6.45, 7) is 0.427. The van der Waals surface area contributed by atoms with Crippen LogP contribution in [-0.4, -0.2) is 17.6 Å². The Hall–Kier alpha value is -1.85. The monoisotopic (exact) mass is 262 g/mol. The third-order valence-electron chi connectivity index (χ3n) is 2.54. The smallest absolute Gasteiger partial charge is 0.248 e. The van der Waals surface area contributed by atoms with E-state index in [0.717, 1.165) is 10.6 Å². The Labute approximate surface area is 109 Å². The molecule has 0 bridgehead atoms. The number of aliphatic hydroxyl groups is 1. The highest BCUT2D eigenvalue weighted by Gasteiger charge is 2.08. The van der Waals surface area contributed by atoms with Gasteiger partial charge in [-0.05, 0) is 35.7 Å². The van der Waals surface area contributed by atoms with Gasteiger partial charge in [-0.25, -0.2) is 0 Å². The molecule has 2 aromatic rings. The highest BCUT2D eigenvalue weighted by molar-refractivity contribution is 7.10. The van der Waals surface area contributed by atoms with Crippen LogP contribution in [0.1, 0.15) is 21.3 Å². The topological polar surface area (TPSA) is 75.4 Å². The number of benzene rings is 1. The van der Waals surface area contributed by atoms with Crippen LogP contribution < -0.4 is 11.1 Å². The molecule has 0 aliphatic heterocycles. The van der Waals surface area contributed by atoms with E-state index in [9.17, 15) is 9.90 Å². The first-order valence-corrected chi connectivity index (χ1v) is 6.40. The number of anilines is 1. The number of amides is 1. The van der Waals surface area contributed by atoms with E-state index < -0.39 is 12.0 Å². The second kappa shape index (κ2) is 5.66. The maximum absolute atomic E-state index is 10.9. The van der Waals surface area contributed by atoms with E-state index >= 15 is 0 Å². The normalized spacial score (nSPS) is 12.1. The Bertz CT molecular complexity index is 508. The molecule has 1 aromatic heterocycles. The van der Waals surface area contributed by atoms with Crippen LogP contribution in [0.3, 0.4) is 0 Å². The number of rotatable bonds is 5. The summed E-state index contributed by atoms with van der Waals surface area (Å²) in [5.74, 6) is -0.444. The number of carbonyl (C=O) groups is 1. The van der Waals surface area contributed by atoms with Gasteiger partial charge in [-0.15, -0.1) is 11.3 Å². The summed E-state index contributed by atoms with van der Waals surface area (Å²) in [5.41, 5.74) is 6.47. The maximum Gasteiger partial charge on any atom is 0.248 e. The number of aliphatic hydroxyl groups excluding tert-OH is 1. The quantitative estimate of drug-likeness (QED) is 0.771. The molecule has 5 heteroatoms. The standard InChI is InChI=1S/C13H14N2O2S/c14-13(17)9-3-5-10(6-4-9)15-8-11(16)12-2-1-7-18-12/h1-7,11,15-16H,8H2,(H2,14,17). The van der Waals surface area contributed by atoms with Gasteiger partial charge >= 0.3 is 0 Å². The maximum atomic E-state index is 10.9. The summed E-state index contributed by atoms with van der Waals surface area (Å²) in [6, 6.07) is 10.6. The molecule has 1 aromatic carbocycles. The van der Waals surface area contributed by atoms with Crippen LogP contribution in [0.2, 0.25) is 0 Å². The summed E-state index contributed by atoms with van der Waals surface area (Å²) in [6.07, 6.45) is -0.527. The van der Waals surface area contributed by atoms with E-state index in [1.54, 1.807) is 24.3 Å². The van der Waals surface area contributed by atoms with Crippen LogP contribution in [-0.2, 0) is 0 Å². The lowest BCUT2D eigenvalue weighted by Gasteiger charge is -2.11. The average molecular weight is 262 g/mol. The van der Waals surface area contributed by atoms with E-state index in [2.05, 4.69) is 5.32 Å². The van der Waals surface area contributed by atoms with Crippen molar-refractivity contribution < 1.29 is 9.90 Å². The molecule has 0 saturated carbocycles. The van der Waals surface area contributed by atoms with Gasteiger partial charge in [0, 0.05) is 22.7 Å². The summed E-state index contributed by atoms with van der Waals surface area (Å²) in [5, 5.41) is 14.9. The fourth-order valence-corrected chi connectivity index (χ4v) is 2.26. The SMILES string of the molecule is NC(=O)c1ccc(NCC(O)c2cccs2)cc1. The molecule has 0 aliphatic carbocycles. The number of thiophene rings is 1. The Kier molecular flexibility index (Phi) is 3.96. The fraction of sp³-hybridized carbons (Fsp3) is 0.154. The Balaban J connectivity index is 1.92. The van der Waals surface area contributed by atoms with Crippen molar-refractivity contribution in [3.8, 4) is 0 Å². The molecule has 0 radical (unpaired) electrons. The number of nitrogens with one attached hydrogen (secondary N) is 1. The highest BCUT2D eigenvalue weighted by Crippen LogP contribution is 2.19. The van der Waals surface area contributed by atoms with Gasteiger partial charge in [0.25, 0.3) is 0 Å². The van der Waals surface area contributed by atoms with Crippen molar-refractivity contribution in [1.82, 2.24) is 0 Å². The first-order valence-electron chi connectivity index (χ1n) is 5.52. The fourth-order valence-electron chi connectivity index (χ4n) is 1.55. The highest BCUT2D eigenvalue weighted by atomic mass is 32.1. The van der Waals surface area contributed by atoms with Gasteiger partial charge in [0.2, 0.25) is 5.91 Å². The zero-order valence-electron chi connectivity index (χ0n) is 9.67. The Morgan fingerprint density at radius 3 is 2.61 bits per heavy atom. The van der Waals surface area contributed by atoms with Crippen molar-refractivity contribution in [1.29, 1.82) is 0 Å². The van der Waals surface area contributed by atoms with E-state index in [4.69, 9.17) is 5.73 Å². The van der Waals surface area contributed by atoms with Gasteiger partial charge in [0.15, 0.2) is 0 Å². The molecule has 94 valence electrons. The predicted molar refractivity (Wildman–Crippen MR) is 72.7 cm³/mol. The number of hydrogen-bond acceptors (Lipinski definition) is 4. The number of carbonyl (C=O) groups excluding carboxylic acids is 1. The molecule has 1 heterocycles. The van der Waals surface area contributed by atoms with Gasteiger partial charge < -0.3 is 16.2 Å². The van der Waals surface area contributed by atoms with E-state index in [-0.39, 0.29) is 0 Å². The molecule has 0 spiro atoms. The van der Waals surface area contributed by atoms with Gasteiger partial charge in [-0.2, -0.15) is 0 Å². The summed E-state index contributed by atoms with van der Waals surface area (Å²) in [7, 11) is 0. The third kappa shape index (κ3) is 3.09. The van der Waals surface area contributed by atoms with Crippen molar-refractivity contribution in [2.45, 2.75) is 6.10 Å². The molecular weight excluding hydrogens is 248 g/mol. The van der Waals surface area contributed by atoms with Gasteiger partial charge in [0.05, 0.1) is 0 Å². The zero-order valence-corrected chi connectivity index (χ0v) is 10.5. The third-order valence-corrected chi connectivity index (χ3v) is 3.51. The molecule has 18 heavy (non-hydrogen) atoms. The molecule has 1 amide bonds. The van der Waals surface area contributed by atoms with Crippen LogP contribution in [0.25, 0.3) is 0 Å². The second-order valence-electron chi connectivity index (χ2n) is 3.85. The lowest BCUT2D eigenvalue weighted by atomic mass is 10.2. The minimum Gasteiger partial charge on any atom is -0.386 e. The first-order chi connectivity index (χ1) is 8.66. The Morgan fingerprint density at radius 2 is 2.06 bits per heavy atom. The van der Waals surface area contributed by atoms with Gasteiger partial charge in [-0.3, -0.25) is 4.79 Å². The van der Waals surface area contributed by atoms with Crippen LogP contribution >= 0.6 is 11.3 Å². The predicted octanol–water partition coefficient (Wildman–Crippen LogP) is 1.99. The molecule has 0 saturated heterocycles. The van der Waals surface area contributed by atoms with E-state index in [0.29, 0.717) is 12.1 Å².